The van der Waals surface area contributed by atoms with E-state index in [1.807, 2.05) is 18.7 Å². The van der Waals surface area contributed by atoms with Crippen LogP contribution in [0.3, 0.4) is 0 Å². The van der Waals surface area contributed by atoms with Crippen molar-refractivity contribution in [1.29, 1.82) is 0 Å². The van der Waals surface area contributed by atoms with Crippen molar-refractivity contribution < 1.29 is 22.8 Å². The van der Waals surface area contributed by atoms with Crippen LogP contribution in [0.15, 0.2) is 36.4 Å². The molecule has 0 radical (unpaired) electrons. The number of alkyl halides is 3. The molecule has 4 N–H and O–H groups in total. The van der Waals surface area contributed by atoms with Gasteiger partial charge in [0, 0.05) is 60.9 Å². The summed E-state index contributed by atoms with van der Waals surface area (Å²) in [5, 5.41) is 0.872. The third-order valence-corrected chi connectivity index (χ3v) is 8.37. The first kappa shape index (κ1) is 31.4. The van der Waals surface area contributed by atoms with Gasteiger partial charge in [-0.05, 0) is 60.2 Å². The molecule has 2 heterocycles. The van der Waals surface area contributed by atoms with Crippen molar-refractivity contribution in [3.05, 3.63) is 63.1 Å². The normalized spacial score (nSPS) is 19.7. The maximum Gasteiger partial charge on any atom is 0.416 e. The Hall–Kier alpha value is -2.53. The van der Waals surface area contributed by atoms with Gasteiger partial charge in [-0.2, -0.15) is 13.2 Å². The lowest BCUT2D eigenvalue weighted by atomic mass is 9.94. The van der Waals surface area contributed by atoms with Gasteiger partial charge in [0.1, 0.15) is 6.04 Å². The van der Waals surface area contributed by atoms with Gasteiger partial charge in [-0.25, -0.2) is 0 Å². The van der Waals surface area contributed by atoms with E-state index in [1.54, 1.807) is 23.1 Å². The van der Waals surface area contributed by atoms with Crippen LogP contribution in [0.2, 0.25) is 10.0 Å². The number of amides is 2. The van der Waals surface area contributed by atoms with Gasteiger partial charge in [0.25, 0.3) is 0 Å². The number of nitrogens with two attached hydrogens (primary N) is 2. The summed E-state index contributed by atoms with van der Waals surface area (Å²) in [4.78, 5) is 31.9. The van der Waals surface area contributed by atoms with E-state index in [1.165, 1.54) is 11.0 Å². The number of carbonyl (C=O) groups excluding carboxylic acids is 2. The minimum atomic E-state index is -4.48. The number of anilines is 1. The summed E-state index contributed by atoms with van der Waals surface area (Å²) < 4.78 is 40.5. The molecule has 0 aromatic heterocycles. The van der Waals surface area contributed by atoms with E-state index < -0.39 is 29.9 Å². The molecule has 41 heavy (non-hydrogen) atoms. The summed E-state index contributed by atoms with van der Waals surface area (Å²) in [6, 6.07) is 6.72. The average molecular weight is 615 g/mol. The van der Waals surface area contributed by atoms with E-state index in [2.05, 4.69) is 0 Å². The summed E-state index contributed by atoms with van der Waals surface area (Å²) in [6.45, 7) is 5.78. The van der Waals surface area contributed by atoms with E-state index in [9.17, 15) is 22.8 Å². The predicted octanol–water partition coefficient (Wildman–Crippen LogP) is 4.88. The van der Waals surface area contributed by atoms with Crippen molar-refractivity contribution in [1.82, 2.24) is 9.80 Å². The van der Waals surface area contributed by atoms with Crippen LogP contribution in [-0.4, -0.2) is 66.4 Å². The highest BCUT2D eigenvalue weighted by atomic mass is 35.5. The Morgan fingerprint density at radius 1 is 1.05 bits per heavy atom. The van der Waals surface area contributed by atoms with Gasteiger partial charge in [-0.1, -0.05) is 43.1 Å². The van der Waals surface area contributed by atoms with Crippen molar-refractivity contribution in [3.8, 4) is 0 Å². The first-order valence-corrected chi connectivity index (χ1v) is 14.5. The molecule has 2 aliphatic rings. The van der Waals surface area contributed by atoms with E-state index >= 15 is 0 Å². The Labute approximate surface area is 248 Å². The molecule has 2 aliphatic heterocycles. The fourth-order valence-corrected chi connectivity index (χ4v) is 6.08. The molecule has 2 aromatic rings. The van der Waals surface area contributed by atoms with Gasteiger partial charge in [0.15, 0.2) is 0 Å². The summed E-state index contributed by atoms with van der Waals surface area (Å²) in [5.74, 6) is -0.294. The van der Waals surface area contributed by atoms with Gasteiger partial charge in [0.2, 0.25) is 11.8 Å². The Morgan fingerprint density at radius 2 is 1.73 bits per heavy atom. The molecule has 3 atom stereocenters. The second kappa shape index (κ2) is 12.8. The zero-order valence-electron chi connectivity index (χ0n) is 23.1. The Morgan fingerprint density at radius 3 is 2.29 bits per heavy atom. The number of hydrogen-bond acceptors (Lipinski definition) is 5. The van der Waals surface area contributed by atoms with Crippen LogP contribution in [-0.2, 0) is 22.2 Å². The zero-order valence-corrected chi connectivity index (χ0v) is 24.6. The number of piperazine rings is 1. The minimum absolute atomic E-state index is 0.203. The average Bonchev–Trinajstić information content (AvgIpc) is 3.24. The number of benzene rings is 2. The van der Waals surface area contributed by atoms with Crippen LogP contribution in [0, 0.1) is 5.92 Å². The van der Waals surface area contributed by atoms with E-state index in [0.717, 1.165) is 12.1 Å². The summed E-state index contributed by atoms with van der Waals surface area (Å²) in [5.41, 5.74) is 13.4. The molecule has 2 amide bonds. The molecule has 2 fully saturated rings. The number of halogens is 5. The minimum Gasteiger partial charge on any atom is -0.368 e. The molecular formula is C29H36Cl2F3N5O2. The quantitative estimate of drug-likeness (QED) is 0.442. The standard InChI is InChI=1S/C29H36Cl2F3N5O2/c1-17(2)13-24(36)21-15-19(29(32,33)34)4-6-25(21)37-9-11-38(12-10-37)28(41)26(39-8-7-23(35)27(39)40)14-18-3-5-20(30)16-22(18)31/h3-6,15-17,23-24,26H,7-14,35-36H2,1-2H3. The van der Waals surface area contributed by atoms with Crippen LogP contribution in [0.4, 0.5) is 18.9 Å². The Bertz CT molecular complexity index is 1270. The highest BCUT2D eigenvalue weighted by Gasteiger charge is 2.40. The lowest BCUT2D eigenvalue weighted by Crippen LogP contribution is -2.56. The van der Waals surface area contributed by atoms with Crippen molar-refractivity contribution in [2.24, 2.45) is 17.4 Å². The van der Waals surface area contributed by atoms with E-state index in [0.29, 0.717) is 72.4 Å². The second-order valence-corrected chi connectivity index (χ2v) is 12.0. The topological polar surface area (TPSA) is 95.9 Å². The molecule has 4 rings (SSSR count). The molecular weight excluding hydrogens is 578 g/mol. The molecule has 2 saturated heterocycles. The highest BCUT2D eigenvalue weighted by molar-refractivity contribution is 6.35. The molecule has 0 bridgehead atoms. The van der Waals surface area contributed by atoms with Crippen LogP contribution in [0.5, 0.6) is 0 Å². The van der Waals surface area contributed by atoms with Crippen molar-refractivity contribution in [2.45, 2.75) is 57.4 Å². The maximum atomic E-state index is 13.9. The van der Waals surface area contributed by atoms with Crippen LogP contribution in [0.1, 0.15) is 49.4 Å². The van der Waals surface area contributed by atoms with Crippen LogP contribution < -0.4 is 16.4 Å². The van der Waals surface area contributed by atoms with Crippen LogP contribution >= 0.6 is 23.2 Å². The Balaban J connectivity index is 1.54. The molecule has 0 spiro atoms. The van der Waals surface area contributed by atoms with Gasteiger partial charge in [0.05, 0.1) is 11.6 Å². The Kier molecular flexibility index (Phi) is 9.78. The van der Waals surface area contributed by atoms with Crippen molar-refractivity contribution >= 4 is 40.7 Å². The first-order valence-electron chi connectivity index (χ1n) is 13.8. The number of likely N-dealkylation sites (tertiary alicyclic amines) is 1. The van der Waals surface area contributed by atoms with Gasteiger partial charge < -0.3 is 26.2 Å². The summed E-state index contributed by atoms with van der Waals surface area (Å²) >= 11 is 12.5. The van der Waals surface area contributed by atoms with E-state index in [-0.39, 0.29) is 24.2 Å². The van der Waals surface area contributed by atoms with Crippen LogP contribution in [0.25, 0.3) is 0 Å². The number of carbonyl (C=O) groups is 2. The predicted molar refractivity (Wildman–Crippen MR) is 155 cm³/mol. The fourth-order valence-electron chi connectivity index (χ4n) is 5.59. The van der Waals surface area contributed by atoms with Crippen molar-refractivity contribution in [2.75, 3.05) is 37.6 Å². The van der Waals surface area contributed by atoms with Crippen molar-refractivity contribution in [3.63, 3.8) is 0 Å². The van der Waals surface area contributed by atoms with Gasteiger partial charge in [-0.15, -0.1) is 0 Å². The lowest BCUT2D eigenvalue weighted by molar-refractivity contribution is -0.144. The summed E-state index contributed by atoms with van der Waals surface area (Å²) in [6.07, 6.45) is -3.28. The molecule has 12 heteroatoms. The number of nitrogens with zero attached hydrogens (tertiary/aromatic N) is 3. The van der Waals surface area contributed by atoms with Gasteiger partial charge in [-0.3, -0.25) is 9.59 Å². The lowest BCUT2D eigenvalue weighted by Gasteiger charge is -2.40. The SMILES string of the molecule is CC(C)CC(N)c1cc(C(F)(F)F)ccc1N1CCN(C(=O)C(Cc2ccc(Cl)cc2Cl)N2CCC(N)C2=O)CC1. The number of rotatable bonds is 8. The first-order chi connectivity index (χ1) is 19.3. The van der Waals surface area contributed by atoms with E-state index in [4.69, 9.17) is 34.7 Å². The maximum absolute atomic E-state index is 13.9. The summed E-state index contributed by atoms with van der Waals surface area (Å²) in [7, 11) is 0. The van der Waals surface area contributed by atoms with Gasteiger partial charge >= 0.3 is 6.18 Å². The molecule has 0 aliphatic carbocycles. The largest absolute Gasteiger partial charge is 0.416 e. The second-order valence-electron chi connectivity index (χ2n) is 11.2. The highest BCUT2D eigenvalue weighted by Crippen LogP contribution is 2.37. The molecule has 3 unspecified atom stereocenters. The molecule has 2 aromatic carbocycles. The third kappa shape index (κ3) is 7.28. The third-order valence-electron chi connectivity index (χ3n) is 7.78. The smallest absolute Gasteiger partial charge is 0.368 e. The molecule has 0 saturated carbocycles. The molecule has 224 valence electrons. The fraction of sp³-hybridized carbons (Fsp3) is 0.517. The number of hydrogen-bond donors (Lipinski definition) is 2. The zero-order chi connectivity index (χ0) is 30.1. The monoisotopic (exact) mass is 613 g/mol. The molecule has 7 nitrogen and oxygen atoms in total.